The Morgan fingerprint density at radius 1 is 1.47 bits per heavy atom. The highest BCUT2D eigenvalue weighted by Gasteiger charge is 2.38. The Morgan fingerprint density at radius 2 is 2.21 bits per heavy atom. The van der Waals surface area contributed by atoms with Gasteiger partial charge in [0.05, 0.1) is 18.0 Å². The quantitative estimate of drug-likeness (QED) is 0.720. The van der Waals surface area contributed by atoms with Crippen molar-refractivity contribution in [1.82, 2.24) is 9.88 Å². The normalized spacial score (nSPS) is 22.3. The number of nitrogens with zero attached hydrogens (tertiary/aromatic N) is 2. The largest absolute Gasteiger partial charge is 0.480 e. The maximum absolute atomic E-state index is 12.0. The highest BCUT2D eigenvalue weighted by atomic mass is 16.4. The first-order valence-electron chi connectivity index (χ1n) is 5.88. The molecular formula is C12H15N3O4. The van der Waals surface area contributed by atoms with Crippen LogP contribution in [0.25, 0.3) is 0 Å². The van der Waals surface area contributed by atoms with Gasteiger partial charge in [-0.05, 0) is 19.1 Å². The van der Waals surface area contributed by atoms with E-state index < -0.39 is 24.1 Å². The van der Waals surface area contributed by atoms with Crippen LogP contribution in [0.3, 0.4) is 0 Å². The highest BCUT2D eigenvalue weighted by molar-refractivity contribution is 5.92. The van der Waals surface area contributed by atoms with E-state index in [0.717, 1.165) is 10.6 Å². The van der Waals surface area contributed by atoms with Crippen LogP contribution in [-0.4, -0.2) is 50.8 Å². The predicted octanol–water partition coefficient (Wildman–Crippen LogP) is 0.442. The fourth-order valence-electron chi connectivity index (χ4n) is 2.01. The second-order valence-electron chi connectivity index (χ2n) is 4.51. The molecule has 1 aliphatic heterocycles. The van der Waals surface area contributed by atoms with Crippen LogP contribution in [-0.2, 0) is 4.79 Å². The summed E-state index contributed by atoms with van der Waals surface area (Å²) in [7, 11) is 0. The molecule has 0 radical (unpaired) electrons. The molecule has 0 saturated carbocycles. The van der Waals surface area contributed by atoms with Gasteiger partial charge in [-0.1, -0.05) is 0 Å². The van der Waals surface area contributed by atoms with E-state index in [4.69, 9.17) is 5.11 Å². The number of aryl methyl sites for hydroxylation is 1. The molecule has 0 spiro atoms. The van der Waals surface area contributed by atoms with Crippen LogP contribution in [0.5, 0.6) is 0 Å². The summed E-state index contributed by atoms with van der Waals surface area (Å²) in [5.74, 6) is -1.12. The molecule has 2 heterocycles. The van der Waals surface area contributed by atoms with Crippen molar-refractivity contribution in [1.29, 1.82) is 0 Å². The summed E-state index contributed by atoms with van der Waals surface area (Å²) in [4.78, 5) is 28.1. The first kappa shape index (κ1) is 13.3. The van der Waals surface area contributed by atoms with E-state index in [1.165, 1.54) is 6.20 Å². The number of hydrogen-bond donors (Lipinski definition) is 3. The maximum Gasteiger partial charge on any atom is 0.326 e. The topological polar surface area (TPSA) is 103 Å². The summed E-state index contributed by atoms with van der Waals surface area (Å²) < 4.78 is 0. The predicted molar refractivity (Wildman–Crippen MR) is 66.7 cm³/mol. The molecule has 2 rings (SSSR count). The number of aliphatic hydroxyl groups is 1. The number of rotatable bonds is 2. The SMILES string of the molecule is Cc1ccc(NC(=O)N2C[C@@H](O)C[C@H]2C(=O)O)cn1. The number of carboxylic acid groups (broad SMARTS) is 1. The van der Waals surface area contributed by atoms with E-state index >= 15 is 0 Å². The molecule has 2 atom stereocenters. The van der Waals surface area contributed by atoms with Gasteiger partial charge in [0.25, 0.3) is 0 Å². The van der Waals surface area contributed by atoms with Crippen LogP contribution in [0.15, 0.2) is 18.3 Å². The summed E-state index contributed by atoms with van der Waals surface area (Å²) in [6.07, 6.45) is 0.743. The Balaban J connectivity index is 2.06. The molecule has 7 heteroatoms. The molecule has 1 fully saturated rings. The third kappa shape index (κ3) is 3.00. The number of β-amino-alcohol motifs (C(OH)–C–C–N with tert-alkyl or cyclic N) is 1. The van der Waals surface area contributed by atoms with E-state index in [2.05, 4.69) is 10.3 Å². The zero-order valence-electron chi connectivity index (χ0n) is 10.4. The minimum Gasteiger partial charge on any atom is -0.480 e. The van der Waals surface area contributed by atoms with Crippen molar-refractivity contribution in [3.63, 3.8) is 0 Å². The van der Waals surface area contributed by atoms with Crippen molar-refractivity contribution in [3.05, 3.63) is 24.0 Å². The van der Waals surface area contributed by atoms with Gasteiger partial charge in [0.15, 0.2) is 0 Å². The van der Waals surface area contributed by atoms with Crippen molar-refractivity contribution < 1.29 is 19.8 Å². The number of nitrogens with one attached hydrogen (secondary N) is 1. The number of hydrogen-bond acceptors (Lipinski definition) is 4. The number of aromatic nitrogens is 1. The summed E-state index contributed by atoms with van der Waals surface area (Å²) in [6.45, 7) is 1.84. The second-order valence-corrected chi connectivity index (χ2v) is 4.51. The number of aliphatic hydroxyl groups excluding tert-OH is 1. The molecule has 3 N–H and O–H groups in total. The fourth-order valence-corrected chi connectivity index (χ4v) is 2.01. The second kappa shape index (κ2) is 5.23. The van der Waals surface area contributed by atoms with E-state index in [0.29, 0.717) is 5.69 Å². The summed E-state index contributed by atoms with van der Waals surface area (Å²) in [5, 5.41) is 21.0. The van der Waals surface area contributed by atoms with E-state index in [1.807, 2.05) is 6.92 Å². The molecule has 19 heavy (non-hydrogen) atoms. The lowest BCUT2D eigenvalue weighted by Gasteiger charge is -2.21. The summed E-state index contributed by atoms with van der Waals surface area (Å²) in [6, 6.07) is 1.88. The number of carbonyl (C=O) groups excluding carboxylic acids is 1. The zero-order chi connectivity index (χ0) is 14.0. The van der Waals surface area contributed by atoms with E-state index in [1.54, 1.807) is 12.1 Å². The first-order valence-corrected chi connectivity index (χ1v) is 5.88. The van der Waals surface area contributed by atoms with Crippen molar-refractivity contribution in [3.8, 4) is 0 Å². The van der Waals surface area contributed by atoms with Gasteiger partial charge in [-0.3, -0.25) is 4.98 Å². The maximum atomic E-state index is 12.0. The molecule has 2 amide bonds. The number of carboxylic acids is 1. The van der Waals surface area contributed by atoms with Crippen molar-refractivity contribution in [2.75, 3.05) is 11.9 Å². The standard InChI is InChI=1S/C12H15N3O4/c1-7-2-3-8(5-13-7)14-12(19)15-6-9(16)4-10(15)11(17)18/h2-3,5,9-10,16H,4,6H2,1H3,(H,14,19)(H,17,18)/t9-,10-/m0/s1. The third-order valence-corrected chi connectivity index (χ3v) is 2.99. The number of pyridine rings is 1. The molecule has 0 aliphatic carbocycles. The molecule has 102 valence electrons. The van der Waals surface area contributed by atoms with Crippen molar-refractivity contribution in [2.45, 2.75) is 25.5 Å². The number of urea groups is 1. The molecule has 0 bridgehead atoms. The molecule has 7 nitrogen and oxygen atoms in total. The van der Waals surface area contributed by atoms with Crippen LogP contribution in [0.1, 0.15) is 12.1 Å². The molecule has 1 aromatic heterocycles. The molecule has 1 aromatic rings. The van der Waals surface area contributed by atoms with Crippen molar-refractivity contribution in [2.24, 2.45) is 0 Å². The Kier molecular flexibility index (Phi) is 3.66. The van der Waals surface area contributed by atoms with Crippen LogP contribution in [0, 0.1) is 6.92 Å². The number of carbonyl (C=O) groups is 2. The molecule has 0 aromatic carbocycles. The van der Waals surface area contributed by atoms with Crippen LogP contribution in [0.2, 0.25) is 0 Å². The zero-order valence-corrected chi connectivity index (χ0v) is 10.4. The Labute approximate surface area is 109 Å². The number of amides is 2. The van der Waals surface area contributed by atoms with Gasteiger partial charge >= 0.3 is 12.0 Å². The fraction of sp³-hybridized carbons (Fsp3) is 0.417. The Bertz CT molecular complexity index is 488. The molecule has 1 aliphatic rings. The highest BCUT2D eigenvalue weighted by Crippen LogP contribution is 2.19. The number of anilines is 1. The average molecular weight is 265 g/mol. The molecule has 0 unspecified atom stereocenters. The van der Waals surface area contributed by atoms with Gasteiger partial charge in [0.2, 0.25) is 0 Å². The Hall–Kier alpha value is -2.15. The number of likely N-dealkylation sites (tertiary alicyclic amines) is 1. The third-order valence-electron chi connectivity index (χ3n) is 2.99. The summed E-state index contributed by atoms with van der Waals surface area (Å²) >= 11 is 0. The minimum absolute atomic E-state index is 0.0160. The van der Waals surface area contributed by atoms with Gasteiger partial charge < -0.3 is 20.4 Å². The molecule has 1 saturated heterocycles. The van der Waals surface area contributed by atoms with Crippen LogP contribution < -0.4 is 5.32 Å². The van der Waals surface area contributed by atoms with E-state index in [9.17, 15) is 14.7 Å². The van der Waals surface area contributed by atoms with Gasteiger partial charge in [0.1, 0.15) is 6.04 Å². The summed E-state index contributed by atoms with van der Waals surface area (Å²) in [5.41, 5.74) is 1.30. The smallest absolute Gasteiger partial charge is 0.326 e. The number of aliphatic carboxylic acids is 1. The van der Waals surface area contributed by atoms with Gasteiger partial charge in [-0.25, -0.2) is 9.59 Å². The lowest BCUT2D eigenvalue weighted by molar-refractivity contribution is -0.141. The lowest BCUT2D eigenvalue weighted by Crippen LogP contribution is -2.43. The van der Waals surface area contributed by atoms with Gasteiger partial charge in [-0.15, -0.1) is 0 Å². The monoisotopic (exact) mass is 265 g/mol. The Morgan fingerprint density at radius 3 is 2.79 bits per heavy atom. The van der Waals surface area contributed by atoms with E-state index in [-0.39, 0.29) is 13.0 Å². The van der Waals surface area contributed by atoms with Crippen LogP contribution >= 0.6 is 0 Å². The van der Waals surface area contributed by atoms with Gasteiger partial charge in [0, 0.05) is 18.7 Å². The minimum atomic E-state index is -1.12. The van der Waals surface area contributed by atoms with Crippen LogP contribution in [0.4, 0.5) is 10.5 Å². The average Bonchev–Trinajstić information content (AvgIpc) is 2.74. The first-order chi connectivity index (χ1) is 8.97. The molecular weight excluding hydrogens is 250 g/mol. The van der Waals surface area contributed by atoms with Crippen molar-refractivity contribution >= 4 is 17.7 Å². The van der Waals surface area contributed by atoms with Gasteiger partial charge in [-0.2, -0.15) is 0 Å². The lowest BCUT2D eigenvalue weighted by atomic mass is 10.2.